The first kappa shape index (κ1) is 21.2. The van der Waals surface area contributed by atoms with E-state index >= 15 is 0 Å². The minimum absolute atomic E-state index is 0.326. The van der Waals surface area contributed by atoms with E-state index in [-0.39, 0.29) is 0 Å². The van der Waals surface area contributed by atoms with E-state index in [4.69, 9.17) is 23.2 Å². The number of carbonyl (C=O) groups is 1. The lowest BCUT2D eigenvalue weighted by Gasteiger charge is -2.27. The lowest BCUT2D eigenvalue weighted by Crippen LogP contribution is -2.32. The normalized spacial score (nSPS) is 17.9. The first-order valence-corrected chi connectivity index (χ1v) is 12.1. The Bertz CT molecular complexity index is 1340. The second-order valence-electron chi connectivity index (χ2n) is 7.40. The fourth-order valence-electron chi connectivity index (χ4n) is 3.74. The maximum Gasteiger partial charge on any atom is 0.136 e. The highest BCUT2D eigenvalue weighted by Gasteiger charge is 2.36. The number of hydrogen-bond acceptors (Lipinski definition) is 6. The Hall–Kier alpha value is -2.64. The summed E-state index contributed by atoms with van der Waals surface area (Å²) in [6.45, 7) is 0.326. The summed E-state index contributed by atoms with van der Waals surface area (Å²) in [5.74, 6) is 0. The monoisotopic (exact) mass is 495 g/mol. The molecule has 2 aromatic carbocycles. The maximum absolute atomic E-state index is 12.5. The van der Waals surface area contributed by atoms with Gasteiger partial charge in [-0.1, -0.05) is 53.5 Å². The molecule has 5 rings (SSSR count). The van der Waals surface area contributed by atoms with Crippen LogP contribution in [0.5, 0.6) is 0 Å². The van der Waals surface area contributed by atoms with Gasteiger partial charge in [0, 0.05) is 49.3 Å². The molecular weight excluding hydrogens is 481 g/mol. The molecule has 158 valence electrons. The minimum atomic E-state index is -0.911. The van der Waals surface area contributed by atoms with Crippen LogP contribution in [0.4, 0.5) is 0 Å². The number of carbonyl (C=O) groups excluding carboxylic acids is 1. The molecule has 4 nitrogen and oxygen atoms in total. The van der Waals surface area contributed by atoms with Gasteiger partial charge in [0.2, 0.25) is 0 Å². The number of dihydropyridines is 1. The molecule has 0 fully saturated rings. The number of halogens is 2. The highest BCUT2D eigenvalue weighted by molar-refractivity contribution is 7.04. The fourth-order valence-corrected chi connectivity index (χ4v) is 5.51. The smallest absolute Gasteiger partial charge is 0.136 e. The zero-order valence-corrected chi connectivity index (χ0v) is 19.7. The number of rotatable bonds is 5. The van der Waals surface area contributed by atoms with Crippen molar-refractivity contribution in [3.8, 4) is 22.5 Å². The van der Waals surface area contributed by atoms with Crippen molar-refractivity contribution in [2.75, 3.05) is 6.54 Å². The number of allylic oxidation sites excluding steroid dienone is 1. The van der Waals surface area contributed by atoms with E-state index < -0.39 is 5.41 Å². The van der Waals surface area contributed by atoms with E-state index in [2.05, 4.69) is 13.7 Å². The predicted octanol–water partition coefficient (Wildman–Crippen LogP) is 6.85. The van der Waals surface area contributed by atoms with Crippen LogP contribution in [0.15, 0.2) is 70.4 Å². The van der Waals surface area contributed by atoms with Crippen LogP contribution in [-0.2, 0) is 10.2 Å². The Morgan fingerprint density at radius 3 is 2.09 bits per heavy atom. The third-order valence-electron chi connectivity index (χ3n) is 5.39. The summed E-state index contributed by atoms with van der Waals surface area (Å²) in [4.78, 5) is 17.1. The Kier molecular flexibility index (Phi) is 5.78. The van der Waals surface area contributed by atoms with Crippen LogP contribution in [0.2, 0.25) is 10.0 Å². The lowest BCUT2D eigenvalue weighted by molar-refractivity contribution is -0.110. The van der Waals surface area contributed by atoms with Crippen molar-refractivity contribution >= 4 is 64.3 Å². The Labute approximate surface area is 203 Å². The average Bonchev–Trinajstić information content (AvgIpc) is 3.51. The van der Waals surface area contributed by atoms with Crippen LogP contribution in [0.3, 0.4) is 0 Å². The topological polar surface area (TPSA) is 55.2 Å². The van der Waals surface area contributed by atoms with Gasteiger partial charge in [-0.3, -0.25) is 4.99 Å². The second-order valence-corrected chi connectivity index (χ2v) is 9.53. The van der Waals surface area contributed by atoms with E-state index in [1.54, 1.807) is 0 Å². The molecule has 8 heteroatoms. The van der Waals surface area contributed by atoms with Crippen LogP contribution in [0, 0.1) is 0 Å². The van der Waals surface area contributed by atoms with Crippen molar-refractivity contribution in [3.05, 3.63) is 86.5 Å². The zero-order valence-electron chi connectivity index (χ0n) is 16.5. The first-order chi connectivity index (χ1) is 15.6. The molecule has 0 amide bonds. The van der Waals surface area contributed by atoms with Crippen LogP contribution in [0.1, 0.15) is 11.1 Å². The standard InChI is InChI=1S/C24H15Cl2N3OS2/c25-18-5-1-15(2-6-18)22-20(11-31-28-22)17-9-24(14-30,13-27-10-17)21-12-32-29-23(21)16-3-7-19(26)8-4-16/h1-12,14H,13H2. The summed E-state index contributed by atoms with van der Waals surface area (Å²) in [7, 11) is 0. The molecule has 4 aromatic rings. The molecule has 0 saturated heterocycles. The fraction of sp³-hybridized carbons (Fsp3) is 0.0833. The van der Waals surface area contributed by atoms with E-state index in [9.17, 15) is 4.79 Å². The second kappa shape index (κ2) is 8.71. The molecule has 1 atom stereocenters. The van der Waals surface area contributed by atoms with Crippen molar-refractivity contribution in [2.45, 2.75) is 5.41 Å². The van der Waals surface area contributed by atoms with Gasteiger partial charge < -0.3 is 4.79 Å². The highest BCUT2D eigenvalue weighted by Crippen LogP contribution is 2.39. The molecule has 0 saturated carbocycles. The molecule has 0 spiro atoms. The van der Waals surface area contributed by atoms with Gasteiger partial charge in [-0.05, 0) is 52.9 Å². The summed E-state index contributed by atoms with van der Waals surface area (Å²) < 4.78 is 9.17. The van der Waals surface area contributed by atoms with Gasteiger partial charge in [0.15, 0.2) is 0 Å². The number of aromatic nitrogens is 2. The van der Waals surface area contributed by atoms with Crippen LogP contribution >= 0.6 is 46.3 Å². The number of hydrogen-bond donors (Lipinski definition) is 0. The summed E-state index contributed by atoms with van der Waals surface area (Å²) >= 11 is 14.8. The van der Waals surface area contributed by atoms with E-state index in [1.165, 1.54) is 23.1 Å². The molecule has 1 aliphatic heterocycles. The molecule has 3 heterocycles. The highest BCUT2D eigenvalue weighted by atomic mass is 35.5. The Balaban J connectivity index is 1.60. The van der Waals surface area contributed by atoms with Gasteiger partial charge in [0.1, 0.15) is 6.29 Å². The third-order valence-corrected chi connectivity index (χ3v) is 7.16. The largest absolute Gasteiger partial charge is 0.302 e. The van der Waals surface area contributed by atoms with Gasteiger partial charge >= 0.3 is 0 Å². The number of benzene rings is 2. The number of aliphatic imine (C=N–C) groups is 1. The summed E-state index contributed by atoms with van der Waals surface area (Å²) in [6, 6.07) is 15.0. The van der Waals surface area contributed by atoms with Gasteiger partial charge in [0.25, 0.3) is 0 Å². The Morgan fingerprint density at radius 2 is 1.44 bits per heavy atom. The van der Waals surface area contributed by atoms with E-state index in [0.717, 1.165) is 45.5 Å². The molecule has 1 unspecified atom stereocenters. The molecule has 32 heavy (non-hydrogen) atoms. The molecule has 2 aromatic heterocycles. The summed E-state index contributed by atoms with van der Waals surface area (Å²) in [5, 5.41) is 5.23. The Morgan fingerprint density at radius 1 is 0.844 bits per heavy atom. The molecule has 1 aliphatic rings. The van der Waals surface area contributed by atoms with Crippen molar-refractivity contribution in [3.63, 3.8) is 0 Å². The van der Waals surface area contributed by atoms with Gasteiger partial charge in [-0.15, -0.1) is 0 Å². The van der Waals surface area contributed by atoms with Gasteiger partial charge in [-0.2, -0.15) is 8.75 Å². The van der Waals surface area contributed by atoms with Crippen molar-refractivity contribution in [1.29, 1.82) is 0 Å². The van der Waals surface area contributed by atoms with Crippen LogP contribution in [0.25, 0.3) is 28.1 Å². The SMILES string of the molecule is O=CC1(c2csnc2-c2ccc(Cl)cc2)C=C(c2csnc2-c2ccc(Cl)cc2)C=NC1. The summed E-state index contributed by atoms with van der Waals surface area (Å²) in [6.07, 6.45) is 4.76. The molecular formula is C24H15Cl2N3OS2. The molecule has 0 N–H and O–H groups in total. The van der Waals surface area contributed by atoms with E-state index in [0.29, 0.717) is 16.6 Å². The van der Waals surface area contributed by atoms with Crippen LogP contribution in [-0.4, -0.2) is 27.8 Å². The first-order valence-electron chi connectivity index (χ1n) is 9.70. The molecule has 0 radical (unpaired) electrons. The van der Waals surface area contributed by atoms with E-state index in [1.807, 2.05) is 71.6 Å². The molecule has 0 aliphatic carbocycles. The van der Waals surface area contributed by atoms with Gasteiger partial charge in [-0.25, -0.2) is 0 Å². The lowest BCUT2D eigenvalue weighted by atomic mass is 9.77. The predicted molar refractivity (Wildman–Crippen MR) is 134 cm³/mol. The van der Waals surface area contributed by atoms with Crippen molar-refractivity contribution in [1.82, 2.24) is 8.75 Å². The molecule has 0 bridgehead atoms. The minimum Gasteiger partial charge on any atom is -0.302 e. The average molecular weight is 496 g/mol. The quantitative estimate of drug-likeness (QED) is 0.284. The number of nitrogens with zero attached hydrogens (tertiary/aromatic N) is 3. The summed E-state index contributed by atoms with van der Waals surface area (Å²) in [5.41, 5.74) is 5.20. The van der Waals surface area contributed by atoms with Crippen molar-refractivity contribution in [2.24, 2.45) is 4.99 Å². The number of aldehydes is 1. The maximum atomic E-state index is 12.5. The van der Waals surface area contributed by atoms with Crippen LogP contribution < -0.4 is 0 Å². The zero-order chi connectivity index (χ0) is 22.1. The van der Waals surface area contributed by atoms with Crippen molar-refractivity contribution < 1.29 is 4.79 Å². The third kappa shape index (κ3) is 3.84. The van der Waals surface area contributed by atoms with Gasteiger partial charge in [0.05, 0.1) is 23.3 Å².